The molecule has 0 heterocycles. The molecular formula is C8H15NO2. The summed E-state index contributed by atoms with van der Waals surface area (Å²) >= 11 is 0. The molecule has 0 bridgehead atoms. The first-order valence-corrected chi connectivity index (χ1v) is 4.03. The van der Waals surface area contributed by atoms with Crippen LogP contribution in [0.5, 0.6) is 0 Å². The lowest BCUT2D eigenvalue weighted by molar-refractivity contribution is 0.138. The molecule has 3 nitrogen and oxygen atoms in total. The molecule has 0 N–H and O–H groups in total. The molecule has 0 aliphatic carbocycles. The van der Waals surface area contributed by atoms with E-state index < -0.39 is 0 Å². The Labute approximate surface area is 67.5 Å². The second-order valence-corrected chi connectivity index (χ2v) is 2.35. The fourth-order valence-corrected chi connectivity index (χ4v) is 0.767. The Hall–Kier alpha value is -0.660. The van der Waals surface area contributed by atoms with Crippen LogP contribution in [0.4, 0.5) is 0 Å². The molecule has 64 valence electrons. The number of unbranched alkanes of at least 4 members (excludes halogenated alkanes) is 3. The number of rotatable bonds is 7. The zero-order valence-electron chi connectivity index (χ0n) is 7.01. The van der Waals surface area contributed by atoms with Crippen molar-refractivity contribution >= 4 is 6.08 Å². The summed E-state index contributed by atoms with van der Waals surface area (Å²) < 4.78 is 4.99. The average Bonchev–Trinajstić information content (AvgIpc) is 2.03. The van der Waals surface area contributed by atoms with Crippen LogP contribution in [0.2, 0.25) is 0 Å². The molecule has 0 radical (unpaired) electrons. The third kappa shape index (κ3) is 9.34. The Morgan fingerprint density at radius 2 is 2.18 bits per heavy atom. The first kappa shape index (κ1) is 10.3. The van der Waals surface area contributed by atoms with Crippen molar-refractivity contribution in [1.82, 2.24) is 0 Å². The van der Waals surface area contributed by atoms with E-state index in [1.165, 1.54) is 25.3 Å². The average molecular weight is 157 g/mol. The van der Waals surface area contributed by atoms with Gasteiger partial charge < -0.3 is 4.74 Å². The predicted octanol–water partition coefficient (Wildman–Crippen LogP) is 1.88. The number of hydrogen-bond donors (Lipinski definition) is 0. The van der Waals surface area contributed by atoms with Crippen molar-refractivity contribution < 1.29 is 9.53 Å². The van der Waals surface area contributed by atoms with Crippen LogP contribution in [-0.2, 0) is 9.53 Å². The van der Waals surface area contributed by atoms with Gasteiger partial charge in [0.05, 0.1) is 0 Å². The third-order valence-corrected chi connectivity index (χ3v) is 1.36. The standard InChI is InChI=1S/C8H15NO2/c1-2-3-4-5-6-11-8-9-7-10/h2-6,8H2,1H3. The van der Waals surface area contributed by atoms with Gasteiger partial charge in [-0.1, -0.05) is 26.2 Å². The van der Waals surface area contributed by atoms with Crippen LogP contribution in [-0.4, -0.2) is 19.4 Å². The maximum absolute atomic E-state index is 9.57. The van der Waals surface area contributed by atoms with Crippen LogP contribution in [0, 0.1) is 0 Å². The van der Waals surface area contributed by atoms with Gasteiger partial charge in [0, 0.05) is 6.61 Å². The highest BCUT2D eigenvalue weighted by Gasteiger charge is 1.86. The molecule has 0 saturated heterocycles. The molecule has 3 heteroatoms. The summed E-state index contributed by atoms with van der Waals surface area (Å²) in [5.74, 6) is 0. The summed E-state index contributed by atoms with van der Waals surface area (Å²) in [5, 5.41) is 0. The molecule has 0 aliphatic rings. The van der Waals surface area contributed by atoms with E-state index in [0.29, 0.717) is 6.61 Å². The lowest BCUT2D eigenvalue weighted by atomic mass is 10.2. The SMILES string of the molecule is CCCCCCOCN=C=O. The number of aliphatic imine (C=N–C) groups is 1. The summed E-state index contributed by atoms with van der Waals surface area (Å²) in [6, 6.07) is 0. The van der Waals surface area contributed by atoms with E-state index in [2.05, 4.69) is 11.9 Å². The monoisotopic (exact) mass is 157 g/mol. The highest BCUT2D eigenvalue weighted by Crippen LogP contribution is 1.98. The van der Waals surface area contributed by atoms with Crippen molar-refractivity contribution in [3.8, 4) is 0 Å². The Balaban J connectivity index is 2.84. The van der Waals surface area contributed by atoms with Gasteiger partial charge in [-0.05, 0) is 6.42 Å². The van der Waals surface area contributed by atoms with Gasteiger partial charge in [-0.3, -0.25) is 0 Å². The van der Waals surface area contributed by atoms with E-state index in [0.717, 1.165) is 6.42 Å². The van der Waals surface area contributed by atoms with Crippen LogP contribution < -0.4 is 0 Å². The van der Waals surface area contributed by atoms with Gasteiger partial charge in [0.25, 0.3) is 0 Å². The molecule has 0 amide bonds. The molecule has 0 saturated carbocycles. The second-order valence-electron chi connectivity index (χ2n) is 2.35. The Morgan fingerprint density at radius 3 is 2.82 bits per heavy atom. The van der Waals surface area contributed by atoms with Crippen molar-refractivity contribution in [1.29, 1.82) is 0 Å². The first-order chi connectivity index (χ1) is 5.41. The van der Waals surface area contributed by atoms with Crippen molar-refractivity contribution in [2.24, 2.45) is 4.99 Å². The molecule has 11 heavy (non-hydrogen) atoms. The van der Waals surface area contributed by atoms with Crippen molar-refractivity contribution in [2.45, 2.75) is 32.6 Å². The summed E-state index contributed by atoms with van der Waals surface area (Å²) in [4.78, 5) is 12.8. The Bertz CT molecular complexity index is 119. The van der Waals surface area contributed by atoms with E-state index in [4.69, 9.17) is 4.74 Å². The fraction of sp³-hybridized carbons (Fsp3) is 0.875. The van der Waals surface area contributed by atoms with Crippen LogP contribution in [0.3, 0.4) is 0 Å². The summed E-state index contributed by atoms with van der Waals surface area (Å²) in [5.41, 5.74) is 0. The maximum Gasteiger partial charge on any atom is 0.237 e. The smallest absolute Gasteiger partial charge is 0.237 e. The third-order valence-electron chi connectivity index (χ3n) is 1.36. The van der Waals surface area contributed by atoms with Gasteiger partial charge in [-0.2, -0.15) is 4.99 Å². The lowest BCUT2D eigenvalue weighted by Gasteiger charge is -1.98. The van der Waals surface area contributed by atoms with Gasteiger partial charge in [0.2, 0.25) is 6.08 Å². The Morgan fingerprint density at radius 1 is 1.36 bits per heavy atom. The van der Waals surface area contributed by atoms with E-state index in [1.807, 2.05) is 0 Å². The zero-order chi connectivity index (χ0) is 8.36. The molecule has 0 aromatic rings. The second kappa shape index (κ2) is 9.34. The number of nitrogens with zero attached hydrogens (tertiary/aromatic N) is 1. The van der Waals surface area contributed by atoms with Gasteiger partial charge in [-0.25, -0.2) is 4.79 Å². The Kier molecular flexibility index (Phi) is 8.78. The van der Waals surface area contributed by atoms with Crippen LogP contribution in [0.1, 0.15) is 32.6 Å². The van der Waals surface area contributed by atoms with Gasteiger partial charge in [0.1, 0.15) is 6.73 Å². The minimum atomic E-state index is 0.162. The van der Waals surface area contributed by atoms with E-state index in [1.54, 1.807) is 0 Å². The predicted molar refractivity (Wildman–Crippen MR) is 43.1 cm³/mol. The topological polar surface area (TPSA) is 38.7 Å². The summed E-state index contributed by atoms with van der Waals surface area (Å²) in [6.07, 6.45) is 6.15. The normalized spacial score (nSPS) is 9.18. The van der Waals surface area contributed by atoms with Crippen molar-refractivity contribution in [3.05, 3.63) is 0 Å². The van der Waals surface area contributed by atoms with E-state index in [9.17, 15) is 4.79 Å². The summed E-state index contributed by atoms with van der Waals surface area (Å²) in [6.45, 7) is 3.03. The quantitative estimate of drug-likeness (QED) is 0.321. The number of ether oxygens (including phenoxy) is 1. The van der Waals surface area contributed by atoms with Gasteiger partial charge >= 0.3 is 0 Å². The van der Waals surface area contributed by atoms with Gasteiger partial charge in [-0.15, -0.1) is 0 Å². The molecule has 0 aromatic heterocycles. The molecule has 0 atom stereocenters. The highest BCUT2D eigenvalue weighted by atomic mass is 16.5. The zero-order valence-corrected chi connectivity index (χ0v) is 7.01. The van der Waals surface area contributed by atoms with Crippen LogP contribution in [0.15, 0.2) is 4.99 Å². The largest absolute Gasteiger partial charge is 0.358 e. The van der Waals surface area contributed by atoms with Gasteiger partial charge in [0.15, 0.2) is 0 Å². The summed E-state index contributed by atoms with van der Waals surface area (Å²) in [7, 11) is 0. The van der Waals surface area contributed by atoms with E-state index in [-0.39, 0.29) is 6.73 Å². The van der Waals surface area contributed by atoms with Crippen molar-refractivity contribution in [3.63, 3.8) is 0 Å². The molecule has 0 aromatic carbocycles. The number of hydrogen-bond acceptors (Lipinski definition) is 3. The fourth-order valence-electron chi connectivity index (χ4n) is 0.767. The van der Waals surface area contributed by atoms with Crippen LogP contribution >= 0.6 is 0 Å². The molecule has 0 fully saturated rings. The highest BCUT2D eigenvalue weighted by molar-refractivity contribution is 5.32. The lowest BCUT2D eigenvalue weighted by Crippen LogP contribution is -1.93. The molecule has 0 rings (SSSR count). The molecule has 0 spiro atoms. The molecule has 0 aliphatic heterocycles. The van der Waals surface area contributed by atoms with E-state index >= 15 is 0 Å². The molecule has 0 unspecified atom stereocenters. The minimum Gasteiger partial charge on any atom is -0.358 e. The number of carbonyl (C=O) groups excluding carboxylic acids is 1. The molecular weight excluding hydrogens is 142 g/mol. The first-order valence-electron chi connectivity index (χ1n) is 4.03. The maximum atomic E-state index is 9.57. The van der Waals surface area contributed by atoms with Crippen molar-refractivity contribution in [2.75, 3.05) is 13.3 Å². The minimum absolute atomic E-state index is 0.162. The number of isocyanates is 1. The van der Waals surface area contributed by atoms with Crippen LogP contribution in [0.25, 0.3) is 0 Å².